The van der Waals surface area contributed by atoms with Crippen molar-refractivity contribution in [1.82, 2.24) is 9.88 Å². The summed E-state index contributed by atoms with van der Waals surface area (Å²) in [4.78, 5) is 18.8. The Morgan fingerprint density at radius 2 is 2.12 bits per heavy atom. The summed E-state index contributed by atoms with van der Waals surface area (Å²) in [6.45, 7) is 0.771. The summed E-state index contributed by atoms with van der Waals surface area (Å²) in [5.41, 5.74) is 2.05. The Morgan fingerprint density at radius 1 is 1.27 bits per heavy atom. The first kappa shape index (κ1) is 17.0. The van der Waals surface area contributed by atoms with Gasteiger partial charge in [0.25, 0.3) is 5.91 Å². The number of aliphatic hydroxyl groups excluding tert-OH is 1. The molecule has 136 valence electrons. The van der Waals surface area contributed by atoms with Crippen molar-refractivity contribution in [3.63, 3.8) is 0 Å². The molecular formula is C20H21FN2O3. The van der Waals surface area contributed by atoms with Crippen LogP contribution in [0.3, 0.4) is 0 Å². The van der Waals surface area contributed by atoms with E-state index in [0.29, 0.717) is 31.0 Å². The van der Waals surface area contributed by atoms with Crippen molar-refractivity contribution >= 4 is 5.91 Å². The van der Waals surface area contributed by atoms with E-state index in [0.717, 1.165) is 30.4 Å². The summed E-state index contributed by atoms with van der Waals surface area (Å²) >= 11 is 0. The number of pyridine rings is 1. The van der Waals surface area contributed by atoms with E-state index in [4.69, 9.17) is 4.74 Å². The molecule has 2 unspecified atom stereocenters. The number of nitrogens with zero attached hydrogens (tertiary/aromatic N) is 2. The van der Waals surface area contributed by atoms with Gasteiger partial charge in [-0.2, -0.15) is 0 Å². The molecule has 5 nitrogen and oxygen atoms in total. The van der Waals surface area contributed by atoms with Crippen molar-refractivity contribution in [3.05, 3.63) is 59.0 Å². The highest BCUT2D eigenvalue weighted by atomic mass is 19.1. The molecule has 1 aromatic heterocycles. The van der Waals surface area contributed by atoms with Crippen molar-refractivity contribution in [2.24, 2.45) is 0 Å². The molecular weight excluding hydrogens is 335 g/mol. The largest absolute Gasteiger partial charge is 0.471 e. The highest BCUT2D eigenvalue weighted by Crippen LogP contribution is 2.32. The molecule has 1 N–H and O–H groups in total. The van der Waals surface area contributed by atoms with Crippen LogP contribution in [-0.4, -0.2) is 33.1 Å². The molecule has 1 amide bonds. The summed E-state index contributed by atoms with van der Waals surface area (Å²) < 4.78 is 19.3. The van der Waals surface area contributed by atoms with Gasteiger partial charge in [-0.15, -0.1) is 0 Å². The van der Waals surface area contributed by atoms with Crippen molar-refractivity contribution in [1.29, 1.82) is 0 Å². The van der Waals surface area contributed by atoms with Gasteiger partial charge in [-0.1, -0.05) is 18.6 Å². The van der Waals surface area contributed by atoms with E-state index in [1.54, 1.807) is 23.2 Å². The zero-order valence-corrected chi connectivity index (χ0v) is 14.4. The number of hydrogen-bond acceptors (Lipinski definition) is 4. The summed E-state index contributed by atoms with van der Waals surface area (Å²) in [6.07, 6.45) is 4.22. The predicted octanol–water partition coefficient (Wildman–Crippen LogP) is 3.06. The first-order valence-electron chi connectivity index (χ1n) is 8.98. The molecule has 1 aromatic carbocycles. The zero-order valence-electron chi connectivity index (χ0n) is 14.4. The maximum Gasteiger partial charge on any atom is 0.260 e. The second-order valence-corrected chi connectivity index (χ2v) is 6.95. The van der Waals surface area contributed by atoms with E-state index < -0.39 is 6.10 Å². The van der Waals surface area contributed by atoms with Gasteiger partial charge >= 0.3 is 0 Å². The number of halogens is 1. The maximum absolute atomic E-state index is 13.4. The van der Waals surface area contributed by atoms with Crippen LogP contribution in [0.25, 0.3) is 0 Å². The van der Waals surface area contributed by atoms with Crippen LogP contribution < -0.4 is 4.74 Å². The number of ether oxygens (including phenoxy) is 1. The Morgan fingerprint density at radius 3 is 2.92 bits per heavy atom. The Bertz CT molecular complexity index is 826. The van der Waals surface area contributed by atoms with Crippen LogP contribution in [0.15, 0.2) is 36.5 Å². The maximum atomic E-state index is 13.4. The number of carbonyl (C=O) groups excluding carboxylic acids is 1. The van der Waals surface area contributed by atoms with Gasteiger partial charge in [0.2, 0.25) is 5.88 Å². The van der Waals surface area contributed by atoms with E-state index in [1.807, 2.05) is 6.07 Å². The van der Waals surface area contributed by atoms with Gasteiger partial charge in [0, 0.05) is 19.3 Å². The number of fused-ring (bicyclic) bond motifs is 1. The molecule has 1 saturated carbocycles. The van der Waals surface area contributed by atoms with E-state index in [-0.39, 0.29) is 17.8 Å². The smallest absolute Gasteiger partial charge is 0.260 e. The number of amides is 1. The number of aromatic nitrogens is 1. The third kappa shape index (κ3) is 3.29. The molecule has 2 aliphatic rings. The minimum Gasteiger partial charge on any atom is -0.471 e. The lowest BCUT2D eigenvalue weighted by Crippen LogP contribution is -2.35. The molecule has 4 rings (SSSR count). The molecule has 1 fully saturated rings. The molecule has 0 spiro atoms. The third-order valence-corrected chi connectivity index (χ3v) is 5.06. The van der Waals surface area contributed by atoms with Crippen molar-refractivity contribution < 1.29 is 19.0 Å². The fourth-order valence-corrected chi connectivity index (χ4v) is 3.71. The number of rotatable bonds is 4. The van der Waals surface area contributed by atoms with Gasteiger partial charge in [0.05, 0.1) is 6.10 Å². The average molecular weight is 356 g/mol. The molecule has 0 bridgehead atoms. The van der Waals surface area contributed by atoms with Crippen LogP contribution in [-0.2, 0) is 13.1 Å². The molecule has 0 radical (unpaired) electrons. The highest BCUT2D eigenvalue weighted by molar-refractivity contribution is 6.00. The highest BCUT2D eigenvalue weighted by Gasteiger charge is 2.34. The molecule has 2 atom stereocenters. The van der Waals surface area contributed by atoms with Crippen LogP contribution in [0.4, 0.5) is 4.39 Å². The van der Waals surface area contributed by atoms with Gasteiger partial charge in [0.1, 0.15) is 17.5 Å². The van der Waals surface area contributed by atoms with Gasteiger partial charge in [-0.05, 0) is 48.6 Å². The number of benzene rings is 1. The average Bonchev–Trinajstić information content (AvgIpc) is 2.94. The van der Waals surface area contributed by atoms with Gasteiger partial charge in [-0.25, -0.2) is 9.37 Å². The van der Waals surface area contributed by atoms with Crippen LogP contribution >= 0.6 is 0 Å². The van der Waals surface area contributed by atoms with Crippen LogP contribution in [0.2, 0.25) is 0 Å². The fraction of sp³-hybridized carbons (Fsp3) is 0.400. The predicted molar refractivity (Wildman–Crippen MR) is 93.1 cm³/mol. The number of aliphatic hydroxyl groups is 1. The monoisotopic (exact) mass is 356 g/mol. The van der Waals surface area contributed by atoms with Crippen LogP contribution in [0, 0.1) is 5.82 Å². The first-order chi connectivity index (χ1) is 12.6. The lowest BCUT2D eigenvalue weighted by molar-refractivity contribution is 0.00397. The van der Waals surface area contributed by atoms with E-state index in [2.05, 4.69) is 4.98 Å². The van der Waals surface area contributed by atoms with E-state index >= 15 is 0 Å². The summed E-state index contributed by atoms with van der Waals surface area (Å²) in [6, 6.07) is 8.06. The second-order valence-electron chi connectivity index (χ2n) is 6.95. The van der Waals surface area contributed by atoms with Crippen molar-refractivity contribution in [3.8, 4) is 5.88 Å². The molecule has 2 aromatic rings. The molecule has 0 saturated heterocycles. The van der Waals surface area contributed by atoms with Crippen molar-refractivity contribution in [2.75, 3.05) is 0 Å². The lowest BCUT2D eigenvalue weighted by atomic mass is 9.95. The number of hydrogen-bond donors (Lipinski definition) is 1. The first-order valence-corrected chi connectivity index (χ1v) is 8.98. The Kier molecular flexibility index (Phi) is 4.59. The Balaban J connectivity index is 1.54. The SMILES string of the molecule is O=C1c2c(ccnc2OC2CCCCC2O)CN1Cc1cccc(F)c1. The quantitative estimate of drug-likeness (QED) is 0.915. The van der Waals surface area contributed by atoms with E-state index in [9.17, 15) is 14.3 Å². The molecule has 26 heavy (non-hydrogen) atoms. The van der Waals surface area contributed by atoms with Crippen LogP contribution in [0.5, 0.6) is 5.88 Å². The minimum atomic E-state index is -0.527. The lowest BCUT2D eigenvalue weighted by Gasteiger charge is -2.28. The van der Waals surface area contributed by atoms with Gasteiger partial charge in [0.15, 0.2) is 0 Å². The van der Waals surface area contributed by atoms with Crippen LogP contribution in [0.1, 0.15) is 47.2 Å². The molecule has 1 aliphatic carbocycles. The topological polar surface area (TPSA) is 62.7 Å². The standard InChI is InChI=1S/C20H21FN2O3/c21-15-5-3-4-13(10-15)11-23-12-14-8-9-22-19(18(14)20(23)25)26-17-7-2-1-6-16(17)24/h3-5,8-10,16-17,24H,1-2,6-7,11-12H2. The summed E-state index contributed by atoms with van der Waals surface area (Å²) in [7, 11) is 0. The van der Waals surface area contributed by atoms with Gasteiger partial charge < -0.3 is 14.7 Å². The Hall–Kier alpha value is -2.47. The fourth-order valence-electron chi connectivity index (χ4n) is 3.71. The second kappa shape index (κ2) is 7.03. The van der Waals surface area contributed by atoms with Gasteiger partial charge in [-0.3, -0.25) is 4.79 Å². The normalized spacial score (nSPS) is 22.4. The summed E-state index contributed by atoms with van der Waals surface area (Å²) in [5, 5.41) is 10.1. The molecule has 2 heterocycles. The minimum absolute atomic E-state index is 0.169. The van der Waals surface area contributed by atoms with E-state index in [1.165, 1.54) is 12.1 Å². The molecule has 1 aliphatic heterocycles. The number of carbonyl (C=O) groups is 1. The van der Waals surface area contributed by atoms with Crippen molar-refractivity contribution in [2.45, 2.75) is 51.0 Å². The third-order valence-electron chi connectivity index (χ3n) is 5.06. The summed E-state index contributed by atoms with van der Waals surface area (Å²) in [5.74, 6) is -0.193. The Labute approximate surface area is 151 Å². The molecule has 6 heteroatoms. The zero-order chi connectivity index (χ0) is 18.1.